The number of aliphatic hydroxyl groups is 1. The summed E-state index contributed by atoms with van der Waals surface area (Å²) in [4.78, 5) is 2.26. The Morgan fingerprint density at radius 3 is 3.00 bits per heavy atom. The lowest BCUT2D eigenvalue weighted by Crippen LogP contribution is -2.24. The first kappa shape index (κ1) is 13.0. The Kier molecular flexibility index (Phi) is 4.17. The normalized spacial score (nSPS) is 22.9. The third-order valence-corrected chi connectivity index (χ3v) is 4.30. The molecule has 0 amide bonds. The average Bonchev–Trinajstić information content (AvgIpc) is 2.73. The monoisotopic (exact) mass is 301 g/mol. The molecule has 1 aromatic rings. The van der Waals surface area contributed by atoms with E-state index in [4.69, 9.17) is 0 Å². The van der Waals surface area contributed by atoms with Crippen LogP contribution in [0, 0.1) is 11.7 Å². The molecule has 1 N–H and O–H groups in total. The highest BCUT2D eigenvalue weighted by Crippen LogP contribution is 2.25. The minimum atomic E-state index is -0.254. The molecule has 17 heavy (non-hydrogen) atoms. The third-order valence-electron chi connectivity index (χ3n) is 3.42. The van der Waals surface area contributed by atoms with E-state index in [1.165, 1.54) is 6.07 Å². The lowest BCUT2D eigenvalue weighted by Gasteiger charge is -2.18. The van der Waals surface area contributed by atoms with Crippen molar-refractivity contribution in [3.8, 4) is 0 Å². The maximum atomic E-state index is 13.4. The van der Waals surface area contributed by atoms with Gasteiger partial charge in [-0.1, -0.05) is 12.1 Å². The first-order valence-electron chi connectivity index (χ1n) is 5.91. The summed E-state index contributed by atoms with van der Waals surface area (Å²) in [7, 11) is 0. The zero-order valence-corrected chi connectivity index (χ0v) is 11.5. The van der Waals surface area contributed by atoms with Gasteiger partial charge < -0.3 is 5.11 Å². The van der Waals surface area contributed by atoms with Gasteiger partial charge in [-0.15, -0.1) is 0 Å². The van der Waals surface area contributed by atoms with Crippen LogP contribution >= 0.6 is 15.9 Å². The fourth-order valence-corrected chi connectivity index (χ4v) is 2.70. The first-order valence-corrected chi connectivity index (χ1v) is 6.70. The summed E-state index contributed by atoms with van der Waals surface area (Å²) in [5, 5.41) is 9.54. The largest absolute Gasteiger partial charge is 0.393 e. The number of hydrogen-bond acceptors (Lipinski definition) is 2. The molecule has 2 rings (SSSR count). The highest BCUT2D eigenvalue weighted by Gasteiger charge is 2.26. The molecule has 0 spiro atoms. The molecule has 0 bridgehead atoms. The van der Waals surface area contributed by atoms with Crippen molar-refractivity contribution < 1.29 is 9.50 Å². The molecule has 1 aliphatic rings. The van der Waals surface area contributed by atoms with Crippen molar-refractivity contribution in [2.24, 2.45) is 5.92 Å². The zero-order chi connectivity index (χ0) is 12.4. The van der Waals surface area contributed by atoms with Crippen LogP contribution in [0.4, 0.5) is 4.39 Å². The maximum absolute atomic E-state index is 13.4. The molecule has 2 nitrogen and oxygen atoms in total. The minimum absolute atomic E-state index is 0.214. The quantitative estimate of drug-likeness (QED) is 0.928. The molecule has 2 atom stereocenters. The van der Waals surface area contributed by atoms with E-state index in [9.17, 15) is 9.50 Å². The van der Waals surface area contributed by atoms with Gasteiger partial charge in [0.25, 0.3) is 0 Å². The van der Waals surface area contributed by atoms with Gasteiger partial charge in [-0.05, 0) is 53.4 Å². The van der Waals surface area contributed by atoms with Gasteiger partial charge in [-0.3, -0.25) is 4.90 Å². The van der Waals surface area contributed by atoms with Gasteiger partial charge in [0, 0.05) is 13.1 Å². The topological polar surface area (TPSA) is 23.5 Å². The van der Waals surface area contributed by atoms with Gasteiger partial charge in [-0.2, -0.15) is 0 Å². The fourth-order valence-electron chi connectivity index (χ4n) is 2.31. The van der Waals surface area contributed by atoms with Gasteiger partial charge in [0.15, 0.2) is 0 Å². The summed E-state index contributed by atoms with van der Waals surface area (Å²) in [6.45, 7) is 4.44. The van der Waals surface area contributed by atoms with E-state index in [0.717, 1.165) is 31.6 Å². The Labute approximate surface area is 110 Å². The molecule has 0 aromatic heterocycles. The van der Waals surface area contributed by atoms with Gasteiger partial charge in [0.1, 0.15) is 5.82 Å². The predicted molar refractivity (Wildman–Crippen MR) is 69.2 cm³/mol. The summed E-state index contributed by atoms with van der Waals surface area (Å²) < 4.78 is 13.9. The van der Waals surface area contributed by atoms with Crippen LogP contribution in [0.1, 0.15) is 18.9 Å². The zero-order valence-electron chi connectivity index (χ0n) is 9.87. The van der Waals surface area contributed by atoms with Crippen LogP contribution in [0.2, 0.25) is 0 Å². The Balaban J connectivity index is 2.00. The van der Waals surface area contributed by atoms with E-state index in [-0.39, 0.29) is 11.9 Å². The van der Waals surface area contributed by atoms with Crippen LogP contribution in [0.15, 0.2) is 22.7 Å². The molecule has 1 fully saturated rings. The third kappa shape index (κ3) is 3.06. The summed E-state index contributed by atoms with van der Waals surface area (Å²) in [5.41, 5.74) is 0.969. The van der Waals surface area contributed by atoms with E-state index >= 15 is 0 Å². The van der Waals surface area contributed by atoms with Crippen molar-refractivity contribution in [2.45, 2.75) is 26.0 Å². The molecule has 0 saturated carbocycles. The molecule has 1 saturated heterocycles. The van der Waals surface area contributed by atoms with E-state index < -0.39 is 0 Å². The number of rotatable bonds is 3. The van der Waals surface area contributed by atoms with Crippen molar-refractivity contribution in [2.75, 3.05) is 13.1 Å². The Bertz CT molecular complexity index is 397. The standard InChI is InChI=1S/C13H17BrFNO/c1-9(17)10-5-6-16(7-10)8-11-3-2-4-12(15)13(11)14/h2-4,9-10,17H,5-8H2,1H3. The number of nitrogens with zero attached hydrogens (tertiary/aromatic N) is 1. The fraction of sp³-hybridized carbons (Fsp3) is 0.538. The minimum Gasteiger partial charge on any atom is -0.393 e. The maximum Gasteiger partial charge on any atom is 0.137 e. The highest BCUT2D eigenvalue weighted by molar-refractivity contribution is 9.10. The van der Waals surface area contributed by atoms with E-state index in [0.29, 0.717) is 10.4 Å². The second kappa shape index (κ2) is 5.46. The van der Waals surface area contributed by atoms with E-state index in [1.807, 2.05) is 13.0 Å². The van der Waals surface area contributed by atoms with Crippen molar-refractivity contribution in [1.29, 1.82) is 0 Å². The van der Waals surface area contributed by atoms with Gasteiger partial charge in [-0.25, -0.2) is 4.39 Å². The van der Waals surface area contributed by atoms with Gasteiger partial charge >= 0.3 is 0 Å². The number of benzene rings is 1. The van der Waals surface area contributed by atoms with E-state index in [1.54, 1.807) is 6.07 Å². The predicted octanol–water partition coefficient (Wildman–Crippen LogP) is 2.79. The summed E-state index contributed by atoms with van der Waals surface area (Å²) in [6, 6.07) is 5.12. The second-order valence-electron chi connectivity index (χ2n) is 4.74. The number of aliphatic hydroxyl groups excluding tert-OH is 1. The summed E-state index contributed by atoms with van der Waals surface area (Å²) >= 11 is 3.28. The lowest BCUT2D eigenvalue weighted by atomic mass is 10.0. The SMILES string of the molecule is CC(O)C1CCN(Cc2cccc(F)c2Br)C1. The van der Waals surface area contributed by atoms with Crippen LogP contribution in [0.25, 0.3) is 0 Å². The smallest absolute Gasteiger partial charge is 0.137 e. The second-order valence-corrected chi connectivity index (χ2v) is 5.53. The summed E-state index contributed by atoms with van der Waals surface area (Å²) in [6.07, 6.45) is 0.765. The molecule has 0 aliphatic carbocycles. The molecule has 1 aliphatic heterocycles. The van der Waals surface area contributed by atoms with Crippen molar-refractivity contribution in [3.63, 3.8) is 0 Å². The molecular weight excluding hydrogens is 285 g/mol. The molecule has 94 valence electrons. The average molecular weight is 302 g/mol. The summed E-state index contributed by atoms with van der Waals surface area (Å²) in [5.74, 6) is 0.135. The van der Waals surface area contributed by atoms with Crippen molar-refractivity contribution >= 4 is 15.9 Å². The Morgan fingerprint density at radius 1 is 1.59 bits per heavy atom. The van der Waals surface area contributed by atoms with Gasteiger partial charge in [0.2, 0.25) is 0 Å². The van der Waals surface area contributed by atoms with Crippen molar-refractivity contribution in [3.05, 3.63) is 34.1 Å². The molecule has 0 radical (unpaired) electrons. The van der Waals surface area contributed by atoms with E-state index in [2.05, 4.69) is 20.8 Å². The number of likely N-dealkylation sites (tertiary alicyclic amines) is 1. The molecule has 4 heteroatoms. The van der Waals surface area contributed by atoms with Crippen LogP contribution in [-0.2, 0) is 6.54 Å². The van der Waals surface area contributed by atoms with Crippen LogP contribution in [-0.4, -0.2) is 29.2 Å². The molecule has 2 unspecified atom stereocenters. The Morgan fingerprint density at radius 2 is 2.35 bits per heavy atom. The highest BCUT2D eigenvalue weighted by atomic mass is 79.9. The van der Waals surface area contributed by atoms with Crippen LogP contribution in [0.5, 0.6) is 0 Å². The Hall–Kier alpha value is -0.450. The number of hydrogen-bond donors (Lipinski definition) is 1. The lowest BCUT2D eigenvalue weighted by molar-refractivity contribution is 0.127. The van der Waals surface area contributed by atoms with Crippen molar-refractivity contribution in [1.82, 2.24) is 4.90 Å². The van der Waals surface area contributed by atoms with Crippen LogP contribution < -0.4 is 0 Å². The number of halogens is 2. The molecular formula is C13H17BrFNO. The molecule has 1 heterocycles. The van der Waals surface area contributed by atoms with Gasteiger partial charge in [0.05, 0.1) is 10.6 Å². The molecule has 1 aromatic carbocycles. The van der Waals surface area contributed by atoms with Crippen LogP contribution in [0.3, 0.4) is 0 Å². The first-order chi connectivity index (χ1) is 8.08.